The summed E-state index contributed by atoms with van der Waals surface area (Å²) in [6.07, 6.45) is 4.97. The molecular weight excluding hydrogens is 291 g/mol. The standard InChI is InChI=1S/C16H20Cl2N2/c1-10-3-6-13(7-4-10)20-15-9-12(18)5-8-14(15)19-16(20)11(2)17/h5,8-11,13H,3-4,6-7H2,1-2H3. The lowest BCUT2D eigenvalue weighted by Gasteiger charge is -2.29. The SMILES string of the molecule is CC1CCC(n2c(C(C)Cl)nc3ccc(Cl)cc32)CC1. The van der Waals surface area contributed by atoms with Crippen LogP contribution < -0.4 is 0 Å². The van der Waals surface area contributed by atoms with E-state index in [9.17, 15) is 0 Å². The average molecular weight is 311 g/mol. The molecule has 1 fully saturated rings. The van der Waals surface area contributed by atoms with Crippen molar-refractivity contribution in [2.45, 2.75) is 50.9 Å². The molecule has 4 heteroatoms. The summed E-state index contributed by atoms with van der Waals surface area (Å²) in [6, 6.07) is 6.41. The molecule has 1 unspecified atom stereocenters. The molecule has 1 atom stereocenters. The first kappa shape index (κ1) is 14.2. The van der Waals surface area contributed by atoms with Crippen molar-refractivity contribution in [3.05, 3.63) is 29.0 Å². The number of rotatable bonds is 2. The van der Waals surface area contributed by atoms with E-state index in [0.29, 0.717) is 6.04 Å². The van der Waals surface area contributed by atoms with Crippen molar-refractivity contribution in [1.29, 1.82) is 0 Å². The monoisotopic (exact) mass is 310 g/mol. The normalized spacial score (nSPS) is 25.0. The van der Waals surface area contributed by atoms with Crippen LogP contribution in [0.2, 0.25) is 5.02 Å². The molecule has 0 radical (unpaired) electrons. The van der Waals surface area contributed by atoms with Gasteiger partial charge < -0.3 is 4.57 Å². The van der Waals surface area contributed by atoms with E-state index in [1.807, 2.05) is 25.1 Å². The van der Waals surface area contributed by atoms with Crippen LogP contribution in [0.15, 0.2) is 18.2 Å². The highest BCUT2D eigenvalue weighted by Gasteiger charge is 2.25. The lowest BCUT2D eigenvalue weighted by atomic mass is 9.87. The summed E-state index contributed by atoms with van der Waals surface area (Å²) in [5, 5.41) is 0.678. The first-order valence-corrected chi connectivity index (χ1v) is 8.19. The first-order chi connectivity index (χ1) is 9.56. The number of benzene rings is 1. The molecule has 2 nitrogen and oxygen atoms in total. The minimum atomic E-state index is -0.0828. The molecule has 2 aromatic rings. The first-order valence-electron chi connectivity index (χ1n) is 7.37. The van der Waals surface area contributed by atoms with Gasteiger partial charge in [0.15, 0.2) is 0 Å². The second-order valence-electron chi connectivity index (χ2n) is 6.00. The zero-order valence-corrected chi connectivity index (χ0v) is 13.5. The fourth-order valence-corrected chi connectivity index (χ4v) is 3.57. The van der Waals surface area contributed by atoms with Gasteiger partial charge in [0.25, 0.3) is 0 Å². The Morgan fingerprint density at radius 2 is 1.95 bits per heavy atom. The number of nitrogens with zero attached hydrogens (tertiary/aromatic N) is 2. The Bertz CT molecular complexity index is 610. The highest BCUT2D eigenvalue weighted by molar-refractivity contribution is 6.31. The average Bonchev–Trinajstić information content (AvgIpc) is 2.78. The van der Waals surface area contributed by atoms with Gasteiger partial charge in [-0.2, -0.15) is 0 Å². The van der Waals surface area contributed by atoms with Gasteiger partial charge in [-0.05, 0) is 56.7 Å². The third kappa shape index (κ3) is 2.56. The molecule has 1 aromatic carbocycles. The van der Waals surface area contributed by atoms with Gasteiger partial charge in [0.2, 0.25) is 0 Å². The number of fused-ring (bicyclic) bond motifs is 1. The van der Waals surface area contributed by atoms with E-state index in [2.05, 4.69) is 11.5 Å². The fourth-order valence-electron chi connectivity index (χ4n) is 3.25. The van der Waals surface area contributed by atoms with Crippen LogP contribution in [0.5, 0.6) is 0 Å². The quantitative estimate of drug-likeness (QED) is 0.647. The predicted octanol–water partition coefficient (Wildman–Crippen LogP) is 5.74. The molecule has 20 heavy (non-hydrogen) atoms. The summed E-state index contributed by atoms with van der Waals surface area (Å²) >= 11 is 12.5. The Hall–Kier alpha value is -0.730. The maximum atomic E-state index is 6.35. The molecule has 1 heterocycles. The zero-order valence-electron chi connectivity index (χ0n) is 11.9. The molecule has 1 saturated carbocycles. The van der Waals surface area contributed by atoms with Gasteiger partial charge in [0, 0.05) is 11.1 Å². The molecule has 1 aliphatic carbocycles. The second-order valence-corrected chi connectivity index (χ2v) is 7.09. The maximum Gasteiger partial charge on any atom is 0.127 e. The molecule has 0 aliphatic heterocycles. The fraction of sp³-hybridized carbons (Fsp3) is 0.562. The summed E-state index contributed by atoms with van der Waals surface area (Å²) in [5.41, 5.74) is 2.12. The minimum absolute atomic E-state index is 0.0828. The van der Waals surface area contributed by atoms with Gasteiger partial charge in [0.1, 0.15) is 5.82 Å². The van der Waals surface area contributed by atoms with Gasteiger partial charge in [-0.25, -0.2) is 4.98 Å². The zero-order chi connectivity index (χ0) is 14.3. The molecule has 3 rings (SSSR count). The van der Waals surface area contributed by atoms with Gasteiger partial charge in [-0.3, -0.25) is 0 Å². The van der Waals surface area contributed by atoms with E-state index in [1.165, 1.54) is 25.7 Å². The molecular formula is C16H20Cl2N2. The molecule has 0 amide bonds. The molecule has 108 valence electrons. The number of imidazole rings is 1. The highest BCUT2D eigenvalue weighted by Crippen LogP contribution is 2.37. The molecule has 1 aromatic heterocycles. The Morgan fingerprint density at radius 1 is 1.25 bits per heavy atom. The number of alkyl halides is 1. The summed E-state index contributed by atoms with van der Waals surface area (Å²) in [5.74, 6) is 1.81. The molecule has 0 saturated heterocycles. The van der Waals surface area contributed by atoms with Crippen LogP contribution in [0.3, 0.4) is 0 Å². The van der Waals surface area contributed by atoms with E-state index in [1.54, 1.807) is 0 Å². The van der Waals surface area contributed by atoms with Crippen LogP contribution in [-0.2, 0) is 0 Å². The Kier molecular flexibility index (Phi) is 3.96. The van der Waals surface area contributed by atoms with Crippen LogP contribution in [0.1, 0.15) is 56.8 Å². The summed E-state index contributed by atoms with van der Waals surface area (Å²) in [7, 11) is 0. The summed E-state index contributed by atoms with van der Waals surface area (Å²) < 4.78 is 2.34. The smallest absolute Gasteiger partial charge is 0.127 e. The predicted molar refractivity (Wildman–Crippen MR) is 85.7 cm³/mol. The third-order valence-corrected chi connectivity index (χ3v) is 4.82. The minimum Gasteiger partial charge on any atom is -0.324 e. The van der Waals surface area contributed by atoms with Gasteiger partial charge in [0.05, 0.1) is 16.4 Å². The highest BCUT2D eigenvalue weighted by atomic mass is 35.5. The molecule has 0 N–H and O–H groups in total. The van der Waals surface area contributed by atoms with Crippen LogP contribution in [-0.4, -0.2) is 9.55 Å². The van der Waals surface area contributed by atoms with Gasteiger partial charge >= 0.3 is 0 Å². The van der Waals surface area contributed by atoms with Crippen molar-refractivity contribution in [3.63, 3.8) is 0 Å². The number of hydrogen-bond acceptors (Lipinski definition) is 1. The van der Waals surface area contributed by atoms with Crippen molar-refractivity contribution in [2.24, 2.45) is 5.92 Å². The van der Waals surface area contributed by atoms with E-state index < -0.39 is 0 Å². The third-order valence-electron chi connectivity index (χ3n) is 4.39. The van der Waals surface area contributed by atoms with Crippen molar-refractivity contribution in [1.82, 2.24) is 9.55 Å². The number of aromatic nitrogens is 2. The van der Waals surface area contributed by atoms with Crippen LogP contribution >= 0.6 is 23.2 Å². The van der Waals surface area contributed by atoms with E-state index in [4.69, 9.17) is 28.2 Å². The molecule has 0 bridgehead atoms. The summed E-state index contributed by atoms with van der Waals surface area (Å²) in [4.78, 5) is 4.72. The van der Waals surface area contributed by atoms with E-state index in [0.717, 1.165) is 27.8 Å². The number of halogens is 2. The molecule has 0 spiro atoms. The Balaban J connectivity index is 2.10. The Morgan fingerprint density at radius 3 is 2.60 bits per heavy atom. The maximum absolute atomic E-state index is 6.35. The van der Waals surface area contributed by atoms with Crippen LogP contribution in [0.25, 0.3) is 11.0 Å². The van der Waals surface area contributed by atoms with E-state index in [-0.39, 0.29) is 5.38 Å². The van der Waals surface area contributed by atoms with Crippen molar-refractivity contribution in [3.8, 4) is 0 Å². The lowest BCUT2D eigenvalue weighted by Crippen LogP contribution is -2.19. The van der Waals surface area contributed by atoms with Gasteiger partial charge in [-0.1, -0.05) is 18.5 Å². The topological polar surface area (TPSA) is 17.8 Å². The van der Waals surface area contributed by atoms with Crippen LogP contribution in [0, 0.1) is 5.92 Å². The van der Waals surface area contributed by atoms with Crippen molar-refractivity contribution in [2.75, 3.05) is 0 Å². The largest absolute Gasteiger partial charge is 0.324 e. The van der Waals surface area contributed by atoms with Gasteiger partial charge in [-0.15, -0.1) is 11.6 Å². The van der Waals surface area contributed by atoms with Crippen LogP contribution in [0.4, 0.5) is 0 Å². The lowest BCUT2D eigenvalue weighted by molar-refractivity contribution is 0.289. The summed E-state index contributed by atoms with van der Waals surface area (Å²) in [6.45, 7) is 4.33. The number of hydrogen-bond donors (Lipinski definition) is 0. The van der Waals surface area contributed by atoms with E-state index >= 15 is 0 Å². The molecule has 1 aliphatic rings. The van der Waals surface area contributed by atoms with Crippen molar-refractivity contribution >= 4 is 34.2 Å². The second kappa shape index (κ2) is 5.57. The van der Waals surface area contributed by atoms with Crippen molar-refractivity contribution < 1.29 is 0 Å². The Labute approximate surface area is 130 Å².